The van der Waals surface area contributed by atoms with Crippen LogP contribution in [-0.4, -0.2) is 53.2 Å². The Morgan fingerprint density at radius 2 is 1.60 bits per heavy atom. The highest BCUT2D eigenvalue weighted by molar-refractivity contribution is 5.23. The monoisotopic (exact) mass is 276 g/mol. The van der Waals surface area contributed by atoms with E-state index in [0.717, 1.165) is 38.3 Å². The molecule has 112 valence electrons. The van der Waals surface area contributed by atoms with E-state index < -0.39 is 0 Å². The van der Waals surface area contributed by atoms with Crippen LogP contribution in [0.3, 0.4) is 0 Å². The van der Waals surface area contributed by atoms with Crippen LogP contribution in [0.15, 0.2) is 24.3 Å². The third kappa shape index (κ3) is 4.05. The molecule has 3 heteroatoms. The number of β-amino-alcohol motifs (C(OH)–C–C–N with tert-alkyl or cyclic N) is 1. The van der Waals surface area contributed by atoms with Crippen molar-refractivity contribution in [1.82, 2.24) is 9.80 Å². The second-order valence-electron chi connectivity index (χ2n) is 6.88. The summed E-state index contributed by atoms with van der Waals surface area (Å²) in [5, 5.41) is 10.3. The molecule has 1 heterocycles. The molecule has 1 N–H and O–H groups in total. The Morgan fingerprint density at radius 1 is 1.05 bits per heavy atom. The van der Waals surface area contributed by atoms with E-state index in [4.69, 9.17) is 0 Å². The Labute approximate surface area is 123 Å². The molecule has 0 bridgehead atoms. The number of hydrogen-bond acceptors (Lipinski definition) is 3. The lowest BCUT2D eigenvalue weighted by atomic mass is 10.0. The van der Waals surface area contributed by atoms with Crippen molar-refractivity contribution in [3.8, 4) is 0 Å². The molecule has 0 amide bonds. The van der Waals surface area contributed by atoms with Crippen LogP contribution in [0.1, 0.15) is 38.0 Å². The molecule has 0 radical (unpaired) electrons. The number of rotatable bonds is 3. The van der Waals surface area contributed by atoms with Gasteiger partial charge in [-0.2, -0.15) is 0 Å². The normalized spacial score (nSPS) is 20.1. The van der Waals surface area contributed by atoms with Gasteiger partial charge in [0.2, 0.25) is 0 Å². The summed E-state index contributed by atoms with van der Waals surface area (Å²) in [7, 11) is 0. The second kappa shape index (κ2) is 6.25. The van der Waals surface area contributed by atoms with Crippen molar-refractivity contribution >= 4 is 0 Å². The Balaban J connectivity index is 1.85. The first kappa shape index (κ1) is 15.5. The highest BCUT2D eigenvalue weighted by Crippen LogP contribution is 2.19. The molecule has 1 aliphatic rings. The number of aryl methyl sites for hydroxylation is 1. The fourth-order valence-corrected chi connectivity index (χ4v) is 2.74. The average Bonchev–Trinajstić information content (AvgIpc) is 2.39. The van der Waals surface area contributed by atoms with Crippen LogP contribution in [0.4, 0.5) is 0 Å². The summed E-state index contributed by atoms with van der Waals surface area (Å²) in [4.78, 5) is 4.88. The van der Waals surface area contributed by atoms with Crippen LogP contribution < -0.4 is 0 Å². The summed E-state index contributed by atoms with van der Waals surface area (Å²) in [5.41, 5.74) is 2.51. The summed E-state index contributed by atoms with van der Waals surface area (Å²) in [5.74, 6) is 0. The lowest BCUT2D eigenvalue weighted by molar-refractivity contribution is 0.0363. The minimum atomic E-state index is -0.378. The molecule has 1 aliphatic heterocycles. The van der Waals surface area contributed by atoms with Crippen LogP contribution in [0.25, 0.3) is 0 Å². The molecule has 0 saturated carbocycles. The predicted octanol–water partition coefficient (Wildman–Crippen LogP) is 2.44. The quantitative estimate of drug-likeness (QED) is 0.918. The van der Waals surface area contributed by atoms with Crippen LogP contribution >= 0.6 is 0 Å². The predicted molar refractivity (Wildman–Crippen MR) is 83.9 cm³/mol. The molecular weight excluding hydrogens is 248 g/mol. The molecule has 1 fully saturated rings. The number of nitrogens with zero attached hydrogens (tertiary/aromatic N) is 2. The van der Waals surface area contributed by atoms with Gasteiger partial charge in [0.05, 0.1) is 6.10 Å². The van der Waals surface area contributed by atoms with Crippen molar-refractivity contribution in [2.75, 3.05) is 32.7 Å². The van der Waals surface area contributed by atoms with E-state index in [2.05, 4.69) is 49.6 Å². The molecule has 1 aromatic rings. The zero-order valence-electron chi connectivity index (χ0n) is 13.3. The van der Waals surface area contributed by atoms with Crippen molar-refractivity contribution in [3.63, 3.8) is 0 Å². The number of benzene rings is 1. The average molecular weight is 276 g/mol. The standard InChI is InChI=1S/C17H28N2O/c1-14-5-7-15(8-6-14)16(20)13-18-9-11-19(12-10-18)17(2,3)4/h5-8,16,20H,9-13H2,1-4H3. The van der Waals surface area contributed by atoms with E-state index in [0.29, 0.717) is 0 Å². The fraction of sp³-hybridized carbons (Fsp3) is 0.647. The largest absolute Gasteiger partial charge is 0.387 e. The van der Waals surface area contributed by atoms with Gasteiger partial charge in [0.15, 0.2) is 0 Å². The molecule has 0 aliphatic carbocycles. The highest BCUT2D eigenvalue weighted by atomic mass is 16.3. The van der Waals surface area contributed by atoms with Crippen LogP contribution in [0.2, 0.25) is 0 Å². The van der Waals surface area contributed by atoms with E-state index in [-0.39, 0.29) is 11.6 Å². The lowest BCUT2D eigenvalue weighted by Gasteiger charge is -2.42. The number of aliphatic hydroxyl groups excluding tert-OH is 1. The summed E-state index contributed by atoms with van der Waals surface area (Å²) in [6.07, 6.45) is -0.378. The third-order valence-electron chi connectivity index (χ3n) is 4.21. The van der Waals surface area contributed by atoms with Crippen molar-refractivity contribution in [2.45, 2.75) is 39.3 Å². The first-order chi connectivity index (χ1) is 9.36. The lowest BCUT2D eigenvalue weighted by Crippen LogP contribution is -2.53. The minimum Gasteiger partial charge on any atom is -0.387 e. The Morgan fingerprint density at radius 3 is 2.10 bits per heavy atom. The molecule has 1 saturated heterocycles. The molecule has 2 rings (SSSR count). The van der Waals surface area contributed by atoms with E-state index in [1.165, 1.54) is 5.56 Å². The van der Waals surface area contributed by atoms with Gasteiger partial charge in [0, 0.05) is 38.3 Å². The van der Waals surface area contributed by atoms with Gasteiger partial charge in [0.1, 0.15) is 0 Å². The molecule has 1 atom stereocenters. The summed E-state index contributed by atoms with van der Waals surface area (Å²) < 4.78 is 0. The topological polar surface area (TPSA) is 26.7 Å². The maximum Gasteiger partial charge on any atom is 0.0916 e. The van der Waals surface area contributed by atoms with Gasteiger partial charge in [-0.3, -0.25) is 9.80 Å². The zero-order chi connectivity index (χ0) is 14.8. The Hall–Kier alpha value is -0.900. The van der Waals surface area contributed by atoms with Gasteiger partial charge in [-0.1, -0.05) is 29.8 Å². The van der Waals surface area contributed by atoms with Crippen molar-refractivity contribution in [1.29, 1.82) is 0 Å². The van der Waals surface area contributed by atoms with Crippen LogP contribution in [0, 0.1) is 6.92 Å². The first-order valence-corrected chi connectivity index (χ1v) is 7.58. The maximum atomic E-state index is 10.3. The van der Waals surface area contributed by atoms with E-state index in [1.54, 1.807) is 0 Å². The van der Waals surface area contributed by atoms with Crippen LogP contribution in [0.5, 0.6) is 0 Å². The fourth-order valence-electron chi connectivity index (χ4n) is 2.74. The van der Waals surface area contributed by atoms with Crippen molar-refractivity contribution < 1.29 is 5.11 Å². The van der Waals surface area contributed by atoms with Gasteiger partial charge >= 0.3 is 0 Å². The van der Waals surface area contributed by atoms with Crippen LogP contribution in [-0.2, 0) is 0 Å². The van der Waals surface area contributed by atoms with Gasteiger partial charge in [-0.15, -0.1) is 0 Å². The summed E-state index contributed by atoms with van der Waals surface area (Å²) >= 11 is 0. The van der Waals surface area contributed by atoms with E-state index >= 15 is 0 Å². The van der Waals surface area contributed by atoms with Gasteiger partial charge in [-0.25, -0.2) is 0 Å². The summed E-state index contributed by atoms with van der Waals surface area (Å²) in [6, 6.07) is 8.20. The number of aliphatic hydroxyl groups is 1. The number of piperazine rings is 1. The number of hydrogen-bond donors (Lipinski definition) is 1. The maximum absolute atomic E-state index is 10.3. The van der Waals surface area contributed by atoms with E-state index in [1.807, 2.05) is 12.1 Å². The smallest absolute Gasteiger partial charge is 0.0916 e. The van der Waals surface area contributed by atoms with Gasteiger partial charge in [-0.05, 0) is 33.3 Å². The second-order valence-corrected chi connectivity index (χ2v) is 6.88. The van der Waals surface area contributed by atoms with Gasteiger partial charge in [0.25, 0.3) is 0 Å². The van der Waals surface area contributed by atoms with E-state index in [9.17, 15) is 5.11 Å². The molecule has 1 aromatic carbocycles. The minimum absolute atomic E-state index is 0.252. The van der Waals surface area contributed by atoms with Crippen molar-refractivity contribution in [2.24, 2.45) is 0 Å². The zero-order valence-corrected chi connectivity index (χ0v) is 13.3. The Kier molecular flexibility index (Phi) is 4.84. The SMILES string of the molecule is Cc1ccc(C(O)CN2CCN(C(C)(C)C)CC2)cc1. The molecule has 0 spiro atoms. The summed E-state index contributed by atoms with van der Waals surface area (Å²) in [6.45, 7) is 13.9. The van der Waals surface area contributed by atoms with Gasteiger partial charge < -0.3 is 5.11 Å². The van der Waals surface area contributed by atoms with Crippen molar-refractivity contribution in [3.05, 3.63) is 35.4 Å². The third-order valence-corrected chi connectivity index (χ3v) is 4.21. The molecule has 1 unspecified atom stereocenters. The highest BCUT2D eigenvalue weighted by Gasteiger charge is 2.26. The molecule has 20 heavy (non-hydrogen) atoms. The molecular formula is C17H28N2O. The first-order valence-electron chi connectivity index (χ1n) is 7.58. The molecule has 0 aromatic heterocycles. The Bertz CT molecular complexity index is 414. The molecule has 3 nitrogen and oxygen atoms in total.